The second-order valence-electron chi connectivity index (χ2n) is 4.21. The molecule has 1 aromatic carbocycles. The third-order valence-electron chi connectivity index (χ3n) is 2.60. The van der Waals surface area contributed by atoms with E-state index < -0.39 is 17.5 Å². The van der Waals surface area contributed by atoms with E-state index in [1.165, 1.54) is 13.0 Å². The van der Waals surface area contributed by atoms with E-state index in [9.17, 15) is 19.5 Å². The zero-order valence-electron chi connectivity index (χ0n) is 10.5. The Kier molecular flexibility index (Phi) is 3.43. The molecule has 0 spiro atoms. The van der Waals surface area contributed by atoms with Crippen LogP contribution in [0.1, 0.15) is 12.5 Å². The van der Waals surface area contributed by atoms with E-state index in [2.05, 4.69) is 5.32 Å². The van der Waals surface area contributed by atoms with Crippen molar-refractivity contribution < 1.29 is 24.2 Å². The Balaban J connectivity index is 2.69. The van der Waals surface area contributed by atoms with Gasteiger partial charge in [-0.05, 0) is 11.6 Å². The molecular formula is C13H11NO6. The summed E-state index contributed by atoms with van der Waals surface area (Å²) in [5.41, 5.74) is -0.290. The maximum absolute atomic E-state index is 11.3. The summed E-state index contributed by atoms with van der Waals surface area (Å²) in [6.45, 7) is 1.27. The van der Waals surface area contributed by atoms with Crippen molar-refractivity contribution in [2.75, 3.05) is 5.32 Å². The predicted octanol–water partition coefficient (Wildman–Crippen LogP) is 1.08. The smallest absolute Gasteiger partial charge is 0.336 e. The Labute approximate surface area is 112 Å². The third-order valence-corrected chi connectivity index (χ3v) is 2.60. The highest BCUT2D eigenvalue weighted by Crippen LogP contribution is 2.30. The number of carbonyl (C=O) groups excluding carboxylic acids is 1. The van der Waals surface area contributed by atoms with Crippen LogP contribution in [0, 0.1) is 0 Å². The Bertz CT molecular complexity index is 761. The van der Waals surface area contributed by atoms with Crippen LogP contribution in [0.25, 0.3) is 11.0 Å². The minimum absolute atomic E-state index is 0.0559. The molecule has 0 bridgehead atoms. The summed E-state index contributed by atoms with van der Waals surface area (Å²) in [6, 6.07) is 3.60. The zero-order chi connectivity index (χ0) is 14.9. The molecule has 1 heterocycles. The van der Waals surface area contributed by atoms with Gasteiger partial charge in [0, 0.05) is 24.4 Å². The summed E-state index contributed by atoms with van der Waals surface area (Å²) in [6.07, 6.45) is -0.369. The minimum atomic E-state index is -1.11. The molecular weight excluding hydrogens is 266 g/mol. The Morgan fingerprint density at radius 2 is 2.00 bits per heavy atom. The second-order valence-corrected chi connectivity index (χ2v) is 4.21. The molecule has 2 aromatic rings. The molecule has 0 unspecified atom stereocenters. The molecule has 7 heteroatoms. The van der Waals surface area contributed by atoms with Crippen molar-refractivity contribution in [2.24, 2.45) is 0 Å². The first-order chi connectivity index (χ1) is 9.36. The number of fused-ring (bicyclic) bond motifs is 1. The number of carboxylic acids is 1. The van der Waals surface area contributed by atoms with Crippen LogP contribution in [0.3, 0.4) is 0 Å². The van der Waals surface area contributed by atoms with Crippen LogP contribution >= 0.6 is 0 Å². The molecule has 0 saturated heterocycles. The fraction of sp³-hybridized carbons (Fsp3) is 0.154. The Morgan fingerprint density at radius 1 is 1.30 bits per heavy atom. The van der Waals surface area contributed by atoms with Crippen LogP contribution in [0.2, 0.25) is 0 Å². The van der Waals surface area contributed by atoms with E-state index in [-0.39, 0.29) is 29.0 Å². The van der Waals surface area contributed by atoms with Gasteiger partial charge in [-0.1, -0.05) is 0 Å². The molecule has 0 aliphatic heterocycles. The van der Waals surface area contributed by atoms with Crippen LogP contribution < -0.4 is 10.9 Å². The number of phenolic OH excluding ortho intramolecular Hbond substituents is 1. The van der Waals surface area contributed by atoms with E-state index in [1.807, 2.05) is 0 Å². The Morgan fingerprint density at radius 3 is 2.60 bits per heavy atom. The van der Waals surface area contributed by atoms with Gasteiger partial charge < -0.3 is 19.9 Å². The van der Waals surface area contributed by atoms with E-state index in [0.29, 0.717) is 5.39 Å². The summed E-state index contributed by atoms with van der Waals surface area (Å²) in [5, 5.41) is 21.3. The van der Waals surface area contributed by atoms with Crippen molar-refractivity contribution in [3.63, 3.8) is 0 Å². The third kappa shape index (κ3) is 2.77. The number of aliphatic carboxylic acids is 1. The lowest BCUT2D eigenvalue weighted by molar-refractivity contribution is -0.136. The SMILES string of the molecule is CC(=O)Nc1cc2c(CC(=O)O)cc(=O)oc2cc1O. The van der Waals surface area contributed by atoms with Gasteiger partial charge in [0.2, 0.25) is 5.91 Å². The van der Waals surface area contributed by atoms with Crippen molar-refractivity contribution in [1.29, 1.82) is 0 Å². The fourth-order valence-electron chi connectivity index (χ4n) is 1.86. The quantitative estimate of drug-likeness (QED) is 0.571. The van der Waals surface area contributed by atoms with E-state index >= 15 is 0 Å². The van der Waals surface area contributed by atoms with Crippen LogP contribution in [0.5, 0.6) is 5.75 Å². The number of carboxylic acid groups (broad SMARTS) is 1. The highest BCUT2D eigenvalue weighted by molar-refractivity contribution is 5.95. The number of rotatable bonds is 3. The molecule has 0 atom stereocenters. The van der Waals surface area contributed by atoms with Crippen LogP contribution in [0.15, 0.2) is 27.4 Å². The van der Waals surface area contributed by atoms with Gasteiger partial charge in [0.05, 0.1) is 12.1 Å². The monoisotopic (exact) mass is 277 g/mol. The highest BCUT2D eigenvalue weighted by Gasteiger charge is 2.13. The number of phenols is 1. The molecule has 20 heavy (non-hydrogen) atoms. The summed E-state index contributed by atoms with van der Waals surface area (Å²) in [5.74, 6) is -1.77. The van der Waals surface area contributed by atoms with Gasteiger partial charge in [0.15, 0.2) is 0 Å². The molecule has 2 rings (SSSR count). The number of aromatic hydroxyl groups is 1. The number of hydrogen-bond acceptors (Lipinski definition) is 5. The standard InChI is InChI=1S/C13H11NO6/c1-6(15)14-9-4-8-7(2-12(17)18)3-13(19)20-11(8)5-10(9)16/h3-5,16H,2H2,1H3,(H,14,15)(H,17,18). The van der Waals surface area contributed by atoms with Gasteiger partial charge in [-0.2, -0.15) is 0 Å². The Hall–Kier alpha value is -2.83. The zero-order valence-corrected chi connectivity index (χ0v) is 10.5. The van der Waals surface area contributed by atoms with Crippen LogP contribution in [-0.4, -0.2) is 22.1 Å². The first-order valence-electron chi connectivity index (χ1n) is 5.66. The summed E-state index contributed by atoms with van der Waals surface area (Å²) in [4.78, 5) is 33.2. The lowest BCUT2D eigenvalue weighted by atomic mass is 10.1. The van der Waals surface area contributed by atoms with Crippen molar-refractivity contribution in [1.82, 2.24) is 0 Å². The number of carbonyl (C=O) groups is 2. The molecule has 3 N–H and O–H groups in total. The lowest BCUT2D eigenvalue weighted by Crippen LogP contribution is -2.08. The molecule has 104 valence electrons. The topological polar surface area (TPSA) is 117 Å². The second kappa shape index (κ2) is 5.04. The van der Waals surface area contributed by atoms with Crippen molar-refractivity contribution in [3.05, 3.63) is 34.2 Å². The fourth-order valence-corrected chi connectivity index (χ4v) is 1.86. The van der Waals surface area contributed by atoms with Crippen molar-refractivity contribution in [2.45, 2.75) is 13.3 Å². The number of nitrogens with one attached hydrogen (secondary N) is 1. The van der Waals surface area contributed by atoms with Crippen molar-refractivity contribution >= 4 is 28.5 Å². The molecule has 1 aromatic heterocycles. The summed E-state index contributed by atoms with van der Waals surface area (Å²) >= 11 is 0. The number of amides is 1. The molecule has 0 saturated carbocycles. The van der Waals surface area contributed by atoms with E-state index in [1.54, 1.807) is 0 Å². The van der Waals surface area contributed by atoms with Crippen LogP contribution in [0.4, 0.5) is 5.69 Å². The van der Waals surface area contributed by atoms with Crippen molar-refractivity contribution in [3.8, 4) is 5.75 Å². The maximum Gasteiger partial charge on any atom is 0.336 e. The molecule has 0 aliphatic carbocycles. The molecule has 0 radical (unpaired) electrons. The highest BCUT2D eigenvalue weighted by atomic mass is 16.4. The molecule has 1 amide bonds. The summed E-state index contributed by atoms with van der Waals surface area (Å²) in [7, 11) is 0. The average molecular weight is 277 g/mol. The first-order valence-corrected chi connectivity index (χ1v) is 5.66. The van der Waals surface area contributed by atoms with Gasteiger partial charge in [0.25, 0.3) is 0 Å². The van der Waals surface area contributed by atoms with Gasteiger partial charge in [-0.25, -0.2) is 4.79 Å². The van der Waals surface area contributed by atoms with E-state index in [4.69, 9.17) is 9.52 Å². The van der Waals surface area contributed by atoms with Gasteiger partial charge in [0.1, 0.15) is 11.3 Å². The normalized spacial score (nSPS) is 10.4. The number of anilines is 1. The number of hydrogen-bond donors (Lipinski definition) is 3. The van der Waals surface area contributed by atoms with E-state index in [0.717, 1.165) is 12.1 Å². The van der Waals surface area contributed by atoms with Gasteiger partial charge in [-0.3, -0.25) is 9.59 Å². The molecule has 0 aliphatic rings. The number of benzene rings is 1. The maximum atomic E-state index is 11.3. The molecule has 0 fully saturated rings. The largest absolute Gasteiger partial charge is 0.506 e. The predicted molar refractivity (Wildman–Crippen MR) is 69.8 cm³/mol. The minimum Gasteiger partial charge on any atom is -0.506 e. The summed E-state index contributed by atoms with van der Waals surface area (Å²) < 4.78 is 4.90. The van der Waals surface area contributed by atoms with Gasteiger partial charge in [-0.15, -0.1) is 0 Å². The lowest BCUT2D eigenvalue weighted by Gasteiger charge is -2.08. The van der Waals surface area contributed by atoms with Crippen LogP contribution in [-0.2, 0) is 16.0 Å². The van der Waals surface area contributed by atoms with Gasteiger partial charge >= 0.3 is 11.6 Å². The first kappa shape index (κ1) is 13.6. The molecule has 7 nitrogen and oxygen atoms in total. The average Bonchev–Trinajstić information content (AvgIpc) is 2.29.